The second-order valence-electron chi connectivity index (χ2n) is 9.11. The van der Waals surface area contributed by atoms with Gasteiger partial charge in [-0.3, -0.25) is 9.69 Å². The van der Waals surface area contributed by atoms with E-state index < -0.39 is 16.0 Å². The van der Waals surface area contributed by atoms with Crippen LogP contribution < -0.4 is 5.32 Å². The van der Waals surface area contributed by atoms with Crippen LogP contribution in [0.2, 0.25) is 0 Å². The second kappa shape index (κ2) is 11.2. The van der Waals surface area contributed by atoms with Crippen LogP contribution in [0, 0.1) is 13.8 Å². The largest absolute Gasteiger partial charge is 0.465 e. The second-order valence-corrected chi connectivity index (χ2v) is 11.1. The molecular formula is C28H31N3O5S. The summed E-state index contributed by atoms with van der Waals surface area (Å²) in [6.45, 7) is 6.48. The van der Waals surface area contributed by atoms with Gasteiger partial charge in [-0.05, 0) is 61.4 Å². The summed E-state index contributed by atoms with van der Waals surface area (Å²) in [5.41, 5.74) is 4.16. The number of esters is 1. The molecule has 1 aliphatic rings. The maximum absolute atomic E-state index is 12.9. The lowest BCUT2D eigenvalue weighted by atomic mass is 10.1. The Bertz CT molecular complexity index is 1380. The summed E-state index contributed by atoms with van der Waals surface area (Å²) in [4.78, 5) is 27.2. The SMILES string of the molecule is COC(=O)c1cccc(NC(=O)c2ccc(CN3CCN(S(=O)(=O)c4ccc(C)cc4)CC3)cc2)c1C. The number of nitrogens with zero attached hydrogens (tertiary/aromatic N) is 2. The molecule has 1 heterocycles. The van der Waals surface area contributed by atoms with E-state index >= 15 is 0 Å². The normalized spacial score (nSPS) is 14.8. The Hall–Kier alpha value is -3.53. The minimum atomic E-state index is -3.49. The number of hydrogen-bond acceptors (Lipinski definition) is 6. The molecule has 1 fully saturated rings. The minimum absolute atomic E-state index is 0.272. The third kappa shape index (κ3) is 6.07. The molecule has 0 bridgehead atoms. The first-order valence-corrected chi connectivity index (χ1v) is 13.5. The molecule has 1 saturated heterocycles. The zero-order valence-corrected chi connectivity index (χ0v) is 22.0. The molecule has 9 heteroatoms. The van der Waals surface area contributed by atoms with Crippen molar-refractivity contribution in [3.8, 4) is 0 Å². The van der Waals surface area contributed by atoms with Crippen LogP contribution >= 0.6 is 0 Å². The molecule has 0 spiro atoms. The van der Waals surface area contributed by atoms with Gasteiger partial charge in [0, 0.05) is 44.0 Å². The molecule has 0 saturated carbocycles. The molecule has 37 heavy (non-hydrogen) atoms. The Morgan fingerprint density at radius 3 is 2.16 bits per heavy atom. The molecule has 0 radical (unpaired) electrons. The highest BCUT2D eigenvalue weighted by atomic mass is 32.2. The van der Waals surface area contributed by atoms with Crippen LogP contribution in [0.1, 0.15) is 37.4 Å². The Morgan fingerprint density at radius 2 is 1.54 bits per heavy atom. The number of methoxy groups -OCH3 is 1. The van der Waals surface area contributed by atoms with E-state index in [1.54, 1.807) is 53.7 Å². The molecule has 1 N–H and O–H groups in total. The van der Waals surface area contributed by atoms with Crippen molar-refractivity contribution in [2.45, 2.75) is 25.3 Å². The van der Waals surface area contributed by atoms with E-state index in [4.69, 9.17) is 4.74 Å². The van der Waals surface area contributed by atoms with Gasteiger partial charge in [-0.25, -0.2) is 13.2 Å². The third-order valence-corrected chi connectivity index (χ3v) is 8.51. The van der Waals surface area contributed by atoms with Crippen LogP contribution in [-0.2, 0) is 21.3 Å². The minimum Gasteiger partial charge on any atom is -0.465 e. The van der Waals surface area contributed by atoms with Gasteiger partial charge in [-0.2, -0.15) is 4.31 Å². The standard InChI is InChI=1S/C28H31N3O5S/c1-20-7-13-24(14-8-20)37(34,35)31-17-15-30(16-18-31)19-22-9-11-23(12-10-22)27(32)29-26-6-4-5-25(21(26)2)28(33)36-3/h4-14H,15-19H2,1-3H3,(H,29,32). The van der Waals surface area contributed by atoms with Crippen molar-refractivity contribution >= 4 is 27.6 Å². The highest BCUT2D eigenvalue weighted by molar-refractivity contribution is 7.89. The van der Waals surface area contributed by atoms with Crippen molar-refractivity contribution < 1.29 is 22.7 Å². The van der Waals surface area contributed by atoms with Crippen LogP contribution in [0.3, 0.4) is 0 Å². The molecule has 8 nitrogen and oxygen atoms in total. The summed E-state index contributed by atoms with van der Waals surface area (Å²) in [7, 11) is -2.17. The molecule has 0 atom stereocenters. The molecule has 0 unspecified atom stereocenters. The molecule has 194 valence electrons. The molecule has 1 aliphatic heterocycles. The van der Waals surface area contributed by atoms with E-state index in [-0.39, 0.29) is 5.91 Å². The number of piperazine rings is 1. The average Bonchev–Trinajstić information content (AvgIpc) is 2.90. The van der Waals surface area contributed by atoms with Gasteiger partial charge >= 0.3 is 5.97 Å². The van der Waals surface area contributed by atoms with Crippen molar-refractivity contribution in [1.29, 1.82) is 0 Å². The van der Waals surface area contributed by atoms with Gasteiger partial charge in [-0.15, -0.1) is 0 Å². The van der Waals surface area contributed by atoms with Gasteiger partial charge in [0.2, 0.25) is 10.0 Å². The maximum Gasteiger partial charge on any atom is 0.338 e. The fraction of sp³-hybridized carbons (Fsp3) is 0.286. The third-order valence-electron chi connectivity index (χ3n) is 6.60. The van der Waals surface area contributed by atoms with E-state index in [2.05, 4.69) is 10.2 Å². The van der Waals surface area contributed by atoms with Crippen LogP contribution in [0.4, 0.5) is 5.69 Å². The average molecular weight is 522 g/mol. The molecule has 1 amide bonds. The number of ether oxygens (including phenoxy) is 1. The number of nitrogens with one attached hydrogen (secondary N) is 1. The lowest BCUT2D eigenvalue weighted by Crippen LogP contribution is -2.48. The topological polar surface area (TPSA) is 96.0 Å². The Morgan fingerprint density at radius 1 is 0.892 bits per heavy atom. The summed E-state index contributed by atoms with van der Waals surface area (Å²) < 4.78 is 32.2. The first-order valence-electron chi connectivity index (χ1n) is 12.1. The summed E-state index contributed by atoms with van der Waals surface area (Å²) in [5, 5.41) is 2.86. The Kier molecular flexibility index (Phi) is 8.06. The number of sulfonamides is 1. The van der Waals surface area contributed by atoms with Crippen molar-refractivity contribution in [2.75, 3.05) is 38.6 Å². The highest BCUT2D eigenvalue weighted by Gasteiger charge is 2.28. The quantitative estimate of drug-likeness (QED) is 0.475. The van der Waals surface area contributed by atoms with Gasteiger partial charge in [0.05, 0.1) is 17.6 Å². The number of carbonyl (C=O) groups is 2. The first kappa shape index (κ1) is 26.5. The van der Waals surface area contributed by atoms with Gasteiger partial charge in [0.15, 0.2) is 0 Å². The molecule has 0 aliphatic carbocycles. The van der Waals surface area contributed by atoms with E-state index in [9.17, 15) is 18.0 Å². The van der Waals surface area contributed by atoms with Crippen molar-refractivity contribution in [3.05, 3.63) is 94.5 Å². The molecule has 3 aromatic carbocycles. The highest BCUT2D eigenvalue weighted by Crippen LogP contribution is 2.22. The summed E-state index contributed by atoms with van der Waals surface area (Å²) in [5.74, 6) is -0.724. The van der Waals surface area contributed by atoms with E-state index in [1.807, 2.05) is 31.2 Å². The lowest BCUT2D eigenvalue weighted by Gasteiger charge is -2.34. The van der Waals surface area contributed by atoms with Crippen LogP contribution in [0.5, 0.6) is 0 Å². The molecule has 3 aromatic rings. The van der Waals surface area contributed by atoms with Crippen molar-refractivity contribution in [3.63, 3.8) is 0 Å². The van der Waals surface area contributed by atoms with Gasteiger partial charge in [0.1, 0.15) is 0 Å². The summed E-state index contributed by atoms with van der Waals surface area (Å²) in [6.07, 6.45) is 0. The molecule has 0 aromatic heterocycles. The lowest BCUT2D eigenvalue weighted by molar-refractivity contribution is 0.0599. The number of benzene rings is 3. The van der Waals surface area contributed by atoms with E-state index in [0.29, 0.717) is 60.0 Å². The van der Waals surface area contributed by atoms with Gasteiger partial charge < -0.3 is 10.1 Å². The zero-order chi connectivity index (χ0) is 26.6. The fourth-order valence-corrected chi connectivity index (χ4v) is 5.73. The van der Waals surface area contributed by atoms with E-state index in [0.717, 1.165) is 11.1 Å². The molecule has 4 rings (SSSR count). The predicted octanol–water partition coefficient (Wildman–Crippen LogP) is 3.85. The van der Waals surface area contributed by atoms with Gasteiger partial charge in [0.25, 0.3) is 5.91 Å². The first-order chi connectivity index (χ1) is 17.7. The van der Waals surface area contributed by atoms with Crippen molar-refractivity contribution in [2.24, 2.45) is 0 Å². The number of carbonyl (C=O) groups excluding carboxylic acids is 2. The predicted molar refractivity (Wildman–Crippen MR) is 142 cm³/mol. The number of aryl methyl sites for hydroxylation is 1. The number of hydrogen-bond donors (Lipinski definition) is 1. The van der Waals surface area contributed by atoms with Crippen LogP contribution in [0.25, 0.3) is 0 Å². The van der Waals surface area contributed by atoms with Gasteiger partial charge in [-0.1, -0.05) is 35.9 Å². The summed E-state index contributed by atoms with van der Waals surface area (Å²) in [6, 6.07) is 19.4. The smallest absolute Gasteiger partial charge is 0.338 e. The number of rotatable bonds is 7. The Balaban J connectivity index is 1.33. The maximum atomic E-state index is 12.9. The van der Waals surface area contributed by atoms with E-state index in [1.165, 1.54) is 7.11 Å². The number of anilines is 1. The Labute approximate surface area is 217 Å². The fourth-order valence-electron chi connectivity index (χ4n) is 4.30. The monoisotopic (exact) mass is 521 g/mol. The van der Waals surface area contributed by atoms with Crippen molar-refractivity contribution in [1.82, 2.24) is 9.21 Å². The van der Waals surface area contributed by atoms with Crippen LogP contribution in [-0.4, -0.2) is 62.8 Å². The molecular weight excluding hydrogens is 490 g/mol. The van der Waals surface area contributed by atoms with Crippen LogP contribution in [0.15, 0.2) is 71.6 Å². The zero-order valence-electron chi connectivity index (χ0n) is 21.2. The summed E-state index contributed by atoms with van der Waals surface area (Å²) >= 11 is 0. The number of amides is 1.